The molecule has 9 nitrogen and oxygen atoms in total. The van der Waals surface area contributed by atoms with Gasteiger partial charge < -0.3 is 25.0 Å². The van der Waals surface area contributed by atoms with Gasteiger partial charge in [0.15, 0.2) is 23.1 Å². The normalized spacial score (nSPS) is 25.2. The number of piperidine rings is 1. The van der Waals surface area contributed by atoms with E-state index in [1.54, 1.807) is 18.5 Å². The Labute approximate surface area is 253 Å². The van der Waals surface area contributed by atoms with Crippen molar-refractivity contribution >= 4 is 21.7 Å². The third-order valence-electron chi connectivity index (χ3n) is 9.58. The van der Waals surface area contributed by atoms with Gasteiger partial charge in [0, 0.05) is 42.3 Å². The van der Waals surface area contributed by atoms with Crippen LogP contribution in [0.25, 0.3) is 0 Å². The highest BCUT2D eigenvalue weighted by Crippen LogP contribution is 2.51. The predicted molar refractivity (Wildman–Crippen MR) is 161 cm³/mol. The van der Waals surface area contributed by atoms with Gasteiger partial charge in [-0.3, -0.25) is 0 Å². The van der Waals surface area contributed by atoms with Crippen molar-refractivity contribution in [2.75, 3.05) is 51.5 Å². The third kappa shape index (κ3) is 6.76. The van der Waals surface area contributed by atoms with Crippen LogP contribution in [0.3, 0.4) is 0 Å². The van der Waals surface area contributed by atoms with Crippen molar-refractivity contribution in [1.82, 2.24) is 14.5 Å². The fourth-order valence-corrected chi connectivity index (χ4v) is 8.80. The van der Waals surface area contributed by atoms with Gasteiger partial charge in [-0.1, -0.05) is 13.0 Å². The summed E-state index contributed by atoms with van der Waals surface area (Å²) in [6.45, 7) is 4.95. The Balaban J connectivity index is 1.36. The summed E-state index contributed by atoms with van der Waals surface area (Å²) in [6, 6.07) is 7.71. The summed E-state index contributed by atoms with van der Waals surface area (Å²) in [5.74, 6) is -0.154. The summed E-state index contributed by atoms with van der Waals surface area (Å²) >= 11 is 0. The average molecular weight is 621 g/mol. The zero-order valence-corrected chi connectivity index (χ0v) is 25.9. The van der Waals surface area contributed by atoms with E-state index in [0.717, 1.165) is 43.6 Å². The first kappa shape index (κ1) is 31.5. The third-order valence-corrected chi connectivity index (χ3v) is 11.4. The molecule has 0 aromatic heterocycles. The van der Waals surface area contributed by atoms with Crippen molar-refractivity contribution < 1.29 is 31.5 Å². The molecule has 3 atom stereocenters. The summed E-state index contributed by atoms with van der Waals surface area (Å²) in [6.07, 6.45) is 4.50. The number of methoxy groups -OCH3 is 2. The van der Waals surface area contributed by atoms with Gasteiger partial charge in [0.25, 0.3) is 0 Å². The Morgan fingerprint density at radius 2 is 1.72 bits per heavy atom. The molecule has 2 heterocycles. The maximum atomic E-state index is 13.9. The van der Waals surface area contributed by atoms with Gasteiger partial charge in [-0.25, -0.2) is 22.0 Å². The van der Waals surface area contributed by atoms with Gasteiger partial charge in [-0.05, 0) is 87.4 Å². The average Bonchev–Trinajstić information content (AvgIpc) is 3.39. The number of fused-ring (bicyclic) bond motifs is 1. The molecule has 0 bridgehead atoms. The number of carbonyl (C=O) groups excluding carboxylic acids is 1. The molecule has 2 aromatic rings. The molecule has 2 N–H and O–H groups in total. The molecule has 2 amide bonds. The number of likely N-dealkylation sites (tertiary alicyclic amines) is 1. The van der Waals surface area contributed by atoms with E-state index in [1.165, 1.54) is 6.07 Å². The van der Waals surface area contributed by atoms with Crippen LogP contribution in [0.1, 0.15) is 51.0 Å². The molecule has 12 heteroatoms. The minimum Gasteiger partial charge on any atom is -0.493 e. The topological polar surface area (TPSA) is 100 Å². The van der Waals surface area contributed by atoms with Crippen LogP contribution < -0.4 is 20.1 Å². The number of hydrogen-bond donors (Lipinski definition) is 2. The van der Waals surface area contributed by atoms with Crippen molar-refractivity contribution in [2.45, 2.75) is 62.9 Å². The Bertz CT molecular complexity index is 1420. The molecular formula is C31H42F2N4O5S. The van der Waals surface area contributed by atoms with Gasteiger partial charge >= 0.3 is 6.03 Å². The molecule has 1 aliphatic carbocycles. The minimum atomic E-state index is -3.60. The predicted octanol–water partition coefficient (Wildman–Crippen LogP) is 4.73. The van der Waals surface area contributed by atoms with Crippen LogP contribution in [-0.4, -0.2) is 81.9 Å². The number of halogens is 2. The number of anilines is 1. The number of carbonyl (C=O) groups is 1. The number of urea groups is 1. The van der Waals surface area contributed by atoms with Crippen LogP contribution in [0.15, 0.2) is 36.4 Å². The first-order valence-electron chi connectivity index (χ1n) is 15.0. The number of sulfonamides is 1. The summed E-state index contributed by atoms with van der Waals surface area (Å²) in [4.78, 5) is 15.1. The number of ether oxygens (including phenoxy) is 2. The van der Waals surface area contributed by atoms with Crippen LogP contribution in [0.2, 0.25) is 0 Å². The molecule has 3 fully saturated rings. The van der Waals surface area contributed by atoms with Crippen LogP contribution in [0.4, 0.5) is 19.3 Å². The van der Waals surface area contributed by atoms with Gasteiger partial charge in [0.2, 0.25) is 10.0 Å². The zero-order valence-electron chi connectivity index (χ0n) is 25.1. The number of amides is 2. The van der Waals surface area contributed by atoms with Gasteiger partial charge in [-0.2, -0.15) is 4.31 Å². The van der Waals surface area contributed by atoms with Gasteiger partial charge in [0.1, 0.15) is 0 Å². The fourth-order valence-electron chi connectivity index (χ4n) is 7.03. The second kappa shape index (κ2) is 13.0. The molecule has 3 aliphatic rings. The summed E-state index contributed by atoms with van der Waals surface area (Å²) in [5.41, 5.74) is 0.661. The summed E-state index contributed by atoms with van der Waals surface area (Å²) < 4.78 is 67.5. The highest BCUT2D eigenvalue weighted by molar-refractivity contribution is 7.89. The first-order chi connectivity index (χ1) is 20.5. The number of benzene rings is 2. The summed E-state index contributed by atoms with van der Waals surface area (Å²) in [5, 5.41) is 5.51. The van der Waals surface area contributed by atoms with E-state index in [2.05, 4.69) is 22.5 Å². The highest BCUT2D eigenvalue weighted by atomic mass is 32.2. The molecule has 1 saturated carbocycles. The van der Waals surface area contributed by atoms with E-state index >= 15 is 0 Å². The fraction of sp³-hybridized carbons (Fsp3) is 0.581. The monoisotopic (exact) mass is 620 g/mol. The van der Waals surface area contributed by atoms with Crippen LogP contribution in [0.5, 0.6) is 11.5 Å². The molecule has 5 rings (SSSR count). The smallest absolute Gasteiger partial charge is 0.319 e. The second-order valence-corrected chi connectivity index (χ2v) is 14.2. The largest absolute Gasteiger partial charge is 0.493 e. The quantitative estimate of drug-likeness (QED) is 0.421. The van der Waals surface area contributed by atoms with E-state index in [0.29, 0.717) is 56.2 Å². The Morgan fingerprint density at radius 3 is 2.42 bits per heavy atom. The Kier molecular flexibility index (Phi) is 9.48. The molecule has 43 heavy (non-hydrogen) atoms. The molecule has 2 aromatic carbocycles. The standard InChI is InChI=1S/C31H42F2N4O5S/c1-21-9-13-36(14-10-21)16-17-43(39,40)37-15-12-31(22-4-7-27(41-2)28(18-22)42-3)11-8-24(20-29(31)37)35-30(38)34-23-5-6-25(32)26(33)19-23/h4-7,18-19,21,24,29H,8-17,20H2,1-3H3,(H2,34,35,38)/t24-,29+,31+/m1/s1. The summed E-state index contributed by atoms with van der Waals surface area (Å²) in [7, 11) is -0.441. The Morgan fingerprint density at radius 1 is 0.977 bits per heavy atom. The van der Waals surface area contributed by atoms with E-state index in [9.17, 15) is 22.0 Å². The van der Waals surface area contributed by atoms with Gasteiger partial charge in [0.05, 0.1) is 20.0 Å². The maximum Gasteiger partial charge on any atom is 0.319 e. The highest BCUT2D eigenvalue weighted by Gasteiger charge is 2.55. The van der Waals surface area contributed by atoms with Crippen LogP contribution in [0, 0.1) is 17.6 Å². The lowest BCUT2D eigenvalue weighted by Gasteiger charge is -2.45. The molecule has 2 aliphatic heterocycles. The first-order valence-corrected chi connectivity index (χ1v) is 16.6. The molecule has 0 unspecified atom stereocenters. The lowest BCUT2D eigenvalue weighted by Crippen LogP contribution is -2.54. The Hall–Kier alpha value is -2.96. The van der Waals surface area contributed by atoms with Crippen molar-refractivity contribution in [3.8, 4) is 11.5 Å². The van der Waals surface area contributed by atoms with Crippen molar-refractivity contribution in [1.29, 1.82) is 0 Å². The molecule has 0 spiro atoms. The van der Waals surface area contributed by atoms with E-state index < -0.39 is 33.1 Å². The molecule has 236 valence electrons. The minimum absolute atomic E-state index is 0.0502. The van der Waals surface area contributed by atoms with E-state index in [-0.39, 0.29) is 23.5 Å². The SMILES string of the molecule is COc1ccc([C@@]23CC[C@@H](NC(=O)Nc4ccc(F)c(F)c4)C[C@@H]2N(S(=O)(=O)CCN2CCC(C)CC2)CC3)cc1OC. The number of rotatable bonds is 9. The lowest BCUT2D eigenvalue weighted by atomic mass is 9.65. The van der Waals surface area contributed by atoms with Crippen LogP contribution in [-0.2, 0) is 15.4 Å². The number of nitrogens with one attached hydrogen (secondary N) is 2. The lowest BCUT2D eigenvalue weighted by molar-refractivity contribution is 0.181. The van der Waals surface area contributed by atoms with Crippen LogP contribution >= 0.6 is 0 Å². The maximum absolute atomic E-state index is 13.9. The zero-order chi connectivity index (χ0) is 30.8. The molecule has 2 saturated heterocycles. The van der Waals surface area contributed by atoms with Crippen molar-refractivity contribution in [3.63, 3.8) is 0 Å². The second-order valence-electron chi connectivity index (χ2n) is 12.1. The van der Waals surface area contributed by atoms with Crippen molar-refractivity contribution in [2.24, 2.45) is 5.92 Å². The van der Waals surface area contributed by atoms with Gasteiger partial charge in [-0.15, -0.1) is 0 Å². The number of nitrogens with zero attached hydrogens (tertiary/aromatic N) is 2. The molecule has 0 radical (unpaired) electrons. The molecular weight excluding hydrogens is 578 g/mol. The van der Waals surface area contributed by atoms with Crippen molar-refractivity contribution in [3.05, 3.63) is 53.6 Å². The number of hydrogen-bond acceptors (Lipinski definition) is 6. The van der Waals surface area contributed by atoms with E-state index in [1.807, 2.05) is 18.2 Å². The van der Waals surface area contributed by atoms with E-state index in [4.69, 9.17) is 9.47 Å².